The van der Waals surface area contributed by atoms with Gasteiger partial charge in [0.15, 0.2) is 5.78 Å². The predicted molar refractivity (Wildman–Crippen MR) is 59.0 cm³/mol. The van der Waals surface area contributed by atoms with Crippen molar-refractivity contribution in [3.63, 3.8) is 0 Å². The summed E-state index contributed by atoms with van der Waals surface area (Å²) in [4.78, 5) is 23.3. The van der Waals surface area contributed by atoms with Crippen molar-refractivity contribution in [1.82, 2.24) is 0 Å². The zero-order valence-corrected chi connectivity index (χ0v) is 10.6. The van der Waals surface area contributed by atoms with E-state index in [9.17, 15) is 9.59 Å². The van der Waals surface area contributed by atoms with Gasteiger partial charge in [-0.15, -0.1) is 0 Å². The molecule has 1 rings (SSSR count). The fourth-order valence-corrected chi connectivity index (χ4v) is 1.54. The van der Waals surface area contributed by atoms with Gasteiger partial charge in [-0.2, -0.15) is 0 Å². The van der Waals surface area contributed by atoms with Crippen LogP contribution in [0.4, 0.5) is 0 Å². The van der Waals surface area contributed by atoms with Crippen LogP contribution in [-0.4, -0.2) is 29.6 Å². The molecule has 2 atom stereocenters. The molecule has 92 valence electrons. The molecular weight excluding hydrogens is 208 g/mol. The largest absolute Gasteiger partial charge is 0.458 e. The Morgan fingerprint density at radius 1 is 1.44 bits per heavy atom. The van der Waals surface area contributed by atoms with E-state index < -0.39 is 17.7 Å². The lowest BCUT2D eigenvalue weighted by molar-refractivity contribution is -0.169. The number of ketones is 1. The highest BCUT2D eigenvalue weighted by Gasteiger charge is 2.41. The smallest absolute Gasteiger partial charge is 0.343 e. The Bertz CT molecular complexity index is 288. The fraction of sp³-hybridized carbons (Fsp3) is 0.833. The summed E-state index contributed by atoms with van der Waals surface area (Å²) in [6.45, 7) is 9.24. The zero-order chi connectivity index (χ0) is 12.5. The van der Waals surface area contributed by atoms with Crippen LogP contribution in [0.1, 0.15) is 41.0 Å². The van der Waals surface area contributed by atoms with Crippen LogP contribution in [0.5, 0.6) is 0 Å². The van der Waals surface area contributed by atoms with Crippen LogP contribution < -0.4 is 0 Å². The molecule has 1 aliphatic heterocycles. The average Bonchev–Trinajstić information content (AvgIpc) is 2.44. The highest BCUT2D eigenvalue weighted by molar-refractivity contribution is 6.03. The second kappa shape index (κ2) is 4.53. The molecular formula is C12H20O4. The minimum atomic E-state index is -1.02. The number of carbonyl (C=O) groups is 2. The summed E-state index contributed by atoms with van der Waals surface area (Å²) in [5.41, 5.74) is -0.587. The van der Waals surface area contributed by atoms with Crippen molar-refractivity contribution in [2.45, 2.75) is 58.8 Å². The van der Waals surface area contributed by atoms with Crippen molar-refractivity contribution in [2.75, 3.05) is 0 Å². The number of hydrogen-bond acceptors (Lipinski definition) is 4. The van der Waals surface area contributed by atoms with Crippen LogP contribution in [0.2, 0.25) is 0 Å². The van der Waals surface area contributed by atoms with Gasteiger partial charge >= 0.3 is 5.97 Å². The van der Waals surface area contributed by atoms with Crippen LogP contribution in [0.25, 0.3) is 0 Å². The van der Waals surface area contributed by atoms with Crippen LogP contribution >= 0.6 is 0 Å². The molecule has 16 heavy (non-hydrogen) atoms. The molecule has 0 amide bonds. The average molecular weight is 228 g/mol. The van der Waals surface area contributed by atoms with Gasteiger partial charge in [-0.3, -0.25) is 4.79 Å². The Labute approximate surface area is 96.3 Å². The number of ether oxygens (including phenoxy) is 2. The molecule has 2 unspecified atom stereocenters. The summed E-state index contributed by atoms with van der Waals surface area (Å²) in [6.07, 6.45) is -0.877. The molecule has 0 saturated carbocycles. The summed E-state index contributed by atoms with van der Waals surface area (Å²) in [5, 5.41) is 0. The van der Waals surface area contributed by atoms with Gasteiger partial charge in [-0.25, -0.2) is 4.79 Å². The summed E-state index contributed by atoms with van der Waals surface area (Å²) in [7, 11) is 0. The van der Waals surface area contributed by atoms with E-state index in [1.54, 1.807) is 20.8 Å². The summed E-state index contributed by atoms with van der Waals surface area (Å²) < 4.78 is 10.6. The fourth-order valence-electron chi connectivity index (χ4n) is 1.54. The topological polar surface area (TPSA) is 52.6 Å². The lowest BCUT2D eigenvalue weighted by Gasteiger charge is -2.22. The molecule has 0 aromatic carbocycles. The second-order valence-corrected chi connectivity index (χ2v) is 5.50. The van der Waals surface area contributed by atoms with E-state index >= 15 is 0 Å². The zero-order valence-electron chi connectivity index (χ0n) is 10.6. The van der Waals surface area contributed by atoms with E-state index in [1.165, 1.54) is 0 Å². The third kappa shape index (κ3) is 3.30. The van der Waals surface area contributed by atoms with Crippen LogP contribution in [0.15, 0.2) is 0 Å². The molecule has 1 heterocycles. The third-order valence-electron chi connectivity index (χ3n) is 2.37. The summed E-state index contributed by atoms with van der Waals surface area (Å²) in [6, 6.07) is 0. The van der Waals surface area contributed by atoms with Crippen molar-refractivity contribution in [3.8, 4) is 0 Å². The van der Waals surface area contributed by atoms with Crippen molar-refractivity contribution in [2.24, 2.45) is 5.92 Å². The van der Waals surface area contributed by atoms with E-state index in [2.05, 4.69) is 0 Å². The number of hydrogen-bond donors (Lipinski definition) is 0. The highest BCUT2D eigenvalue weighted by atomic mass is 16.6. The van der Waals surface area contributed by atoms with E-state index in [4.69, 9.17) is 9.47 Å². The van der Waals surface area contributed by atoms with E-state index in [0.717, 1.165) is 0 Å². The first-order valence-corrected chi connectivity index (χ1v) is 5.62. The summed E-state index contributed by atoms with van der Waals surface area (Å²) >= 11 is 0. The van der Waals surface area contributed by atoms with Crippen molar-refractivity contribution in [1.29, 1.82) is 0 Å². The Morgan fingerprint density at radius 2 is 2.00 bits per heavy atom. The third-order valence-corrected chi connectivity index (χ3v) is 2.37. The molecule has 0 spiro atoms. The van der Waals surface area contributed by atoms with Crippen LogP contribution in [0, 0.1) is 5.92 Å². The molecule has 0 N–H and O–H groups in total. The predicted octanol–water partition coefficient (Wildman–Crippen LogP) is 1.71. The lowest BCUT2D eigenvalue weighted by atomic mass is 10.0. The first-order chi connectivity index (χ1) is 7.20. The van der Waals surface area contributed by atoms with Crippen molar-refractivity contribution < 1.29 is 19.1 Å². The Balaban J connectivity index is 2.62. The standard InChI is InChI=1S/C12H20O4/c1-7(2)9-6-8(13)10(15-9)11(14)16-12(3,4)5/h7,9-10H,6H2,1-5H3. The molecule has 4 heteroatoms. The SMILES string of the molecule is CC(C)C1CC(=O)C(C(=O)OC(C)(C)C)O1. The molecule has 0 radical (unpaired) electrons. The van der Waals surface area contributed by atoms with Gasteiger partial charge in [-0.1, -0.05) is 13.8 Å². The first kappa shape index (κ1) is 13.2. The second-order valence-electron chi connectivity index (χ2n) is 5.50. The molecule has 4 nitrogen and oxygen atoms in total. The molecule has 0 aliphatic carbocycles. The van der Waals surface area contributed by atoms with Gasteiger partial charge in [0.2, 0.25) is 6.10 Å². The van der Waals surface area contributed by atoms with Gasteiger partial charge in [0, 0.05) is 6.42 Å². The molecule has 1 fully saturated rings. The number of Topliss-reactive ketones (excluding diaryl/α,β-unsaturated/α-hetero) is 1. The molecule has 1 aliphatic rings. The van der Waals surface area contributed by atoms with Crippen LogP contribution in [0.3, 0.4) is 0 Å². The Kier molecular flexibility index (Phi) is 3.73. The molecule has 0 aromatic rings. The monoisotopic (exact) mass is 228 g/mol. The van der Waals surface area contributed by atoms with Gasteiger partial charge in [-0.05, 0) is 26.7 Å². The number of rotatable bonds is 2. The van der Waals surface area contributed by atoms with Gasteiger partial charge in [0.1, 0.15) is 5.60 Å². The number of carbonyl (C=O) groups excluding carboxylic acids is 2. The maximum atomic E-state index is 11.7. The maximum Gasteiger partial charge on any atom is 0.343 e. The van der Waals surface area contributed by atoms with Crippen LogP contribution in [-0.2, 0) is 19.1 Å². The Morgan fingerprint density at radius 3 is 2.38 bits per heavy atom. The maximum absolute atomic E-state index is 11.7. The van der Waals surface area contributed by atoms with E-state index in [-0.39, 0.29) is 17.8 Å². The van der Waals surface area contributed by atoms with Crippen molar-refractivity contribution >= 4 is 11.8 Å². The molecule has 0 aromatic heterocycles. The minimum absolute atomic E-state index is 0.162. The van der Waals surface area contributed by atoms with Crippen molar-refractivity contribution in [3.05, 3.63) is 0 Å². The van der Waals surface area contributed by atoms with Gasteiger partial charge in [0.05, 0.1) is 6.10 Å². The van der Waals surface area contributed by atoms with E-state index in [1.807, 2.05) is 13.8 Å². The van der Waals surface area contributed by atoms with Gasteiger partial charge < -0.3 is 9.47 Å². The highest BCUT2D eigenvalue weighted by Crippen LogP contribution is 2.24. The minimum Gasteiger partial charge on any atom is -0.458 e. The summed E-state index contributed by atoms with van der Waals surface area (Å²) in [5.74, 6) is -0.509. The lowest BCUT2D eigenvalue weighted by Crippen LogP contribution is -2.35. The Hall–Kier alpha value is -0.900. The quantitative estimate of drug-likeness (QED) is 0.533. The van der Waals surface area contributed by atoms with E-state index in [0.29, 0.717) is 6.42 Å². The molecule has 1 saturated heterocycles. The normalized spacial score (nSPS) is 26.2. The first-order valence-electron chi connectivity index (χ1n) is 5.62. The van der Waals surface area contributed by atoms with Gasteiger partial charge in [0.25, 0.3) is 0 Å². The molecule has 0 bridgehead atoms. The number of esters is 1.